The molecule has 1 heterocycles. The van der Waals surface area contributed by atoms with Crippen LogP contribution in [0.4, 0.5) is 5.69 Å². The summed E-state index contributed by atoms with van der Waals surface area (Å²) in [6, 6.07) is 7.48. The van der Waals surface area contributed by atoms with E-state index in [2.05, 4.69) is 9.72 Å². The molecule has 17 heavy (non-hydrogen) atoms. The number of esters is 1. The topological polar surface area (TPSA) is 65.2 Å². The van der Waals surface area contributed by atoms with E-state index in [1.807, 2.05) is 31.2 Å². The lowest BCUT2D eigenvalue weighted by molar-refractivity contribution is 0.0600. The first-order chi connectivity index (χ1) is 8.11. The first kappa shape index (κ1) is 11.6. The summed E-state index contributed by atoms with van der Waals surface area (Å²) >= 11 is 1.32. The third-order valence-electron chi connectivity index (χ3n) is 2.33. The number of nitrogens with two attached hydrogens (primary N) is 1. The van der Waals surface area contributed by atoms with Gasteiger partial charge < -0.3 is 10.5 Å². The predicted molar refractivity (Wildman–Crippen MR) is 68.0 cm³/mol. The van der Waals surface area contributed by atoms with Crippen LogP contribution in [0.25, 0.3) is 10.4 Å². The number of hydrogen-bond acceptors (Lipinski definition) is 5. The van der Waals surface area contributed by atoms with Gasteiger partial charge in [-0.05, 0) is 24.6 Å². The number of carbonyl (C=O) groups excluding carboxylic acids is 1. The fraction of sp³-hybridized carbons (Fsp3) is 0.167. The highest BCUT2D eigenvalue weighted by molar-refractivity contribution is 7.17. The summed E-state index contributed by atoms with van der Waals surface area (Å²) in [7, 11) is 1.35. The van der Waals surface area contributed by atoms with E-state index in [1.54, 1.807) is 0 Å². The molecule has 0 spiro atoms. The number of anilines is 1. The van der Waals surface area contributed by atoms with Crippen molar-refractivity contribution in [3.8, 4) is 10.4 Å². The fourth-order valence-electron chi connectivity index (χ4n) is 1.47. The molecule has 4 nitrogen and oxygen atoms in total. The minimum absolute atomic E-state index is 0.372. The molecule has 0 unspecified atom stereocenters. The summed E-state index contributed by atoms with van der Waals surface area (Å²) in [5, 5.41) is 0.372. The number of aryl methyl sites for hydroxylation is 1. The van der Waals surface area contributed by atoms with E-state index in [1.165, 1.54) is 18.4 Å². The molecule has 0 saturated carbocycles. The maximum atomic E-state index is 11.4. The molecule has 5 heteroatoms. The van der Waals surface area contributed by atoms with Gasteiger partial charge in [0.05, 0.1) is 17.7 Å². The van der Waals surface area contributed by atoms with Crippen LogP contribution in [0.3, 0.4) is 0 Å². The minimum Gasteiger partial charge on any atom is -0.464 e. The van der Waals surface area contributed by atoms with Crippen LogP contribution in [0, 0.1) is 6.92 Å². The summed E-state index contributed by atoms with van der Waals surface area (Å²) in [5.74, 6) is -0.403. The molecule has 0 atom stereocenters. The largest absolute Gasteiger partial charge is 0.464 e. The van der Waals surface area contributed by atoms with Gasteiger partial charge in [-0.3, -0.25) is 0 Å². The summed E-state index contributed by atoms with van der Waals surface area (Å²) in [4.78, 5) is 16.5. The fourth-order valence-corrected chi connectivity index (χ4v) is 2.46. The lowest BCUT2D eigenvalue weighted by Crippen LogP contribution is -1.99. The van der Waals surface area contributed by atoms with Crippen LogP contribution in [0.5, 0.6) is 0 Å². The highest BCUT2D eigenvalue weighted by atomic mass is 32.1. The third kappa shape index (κ3) is 2.29. The van der Waals surface area contributed by atoms with Crippen LogP contribution < -0.4 is 5.73 Å². The number of thiazole rings is 1. The quantitative estimate of drug-likeness (QED) is 0.655. The van der Waals surface area contributed by atoms with Gasteiger partial charge in [0.1, 0.15) is 0 Å². The van der Waals surface area contributed by atoms with Gasteiger partial charge >= 0.3 is 5.97 Å². The van der Waals surface area contributed by atoms with Gasteiger partial charge in [0.2, 0.25) is 5.01 Å². The van der Waals surface area contributed by atoms with Crippen molar-refractivity contribution in [1.29, 1.82) is 0 Å². The summed E-state index contributed by atoms with van der Waals surface area (Å²) < 4.78 is 4.65. The number of carbonyl (C=O) groups is 1. The first-order valence-corrected chi connectivity index (χ1v) is 5.85. The molecular weight excluding hydrogens is 236 g/mol. The maximum absolute atomic E-state index is 11.4. The number of nitrogens with zero attached hydrogens (tertiary/aromatic N) is 1. The van der Waals surface area contributed by atoms with Crippen molar-refractivity contribution >= 4 is 23.0 Å². The number of ether oxygens (including phenoxy) is 1. The molecule has 2 rings (SSSR count). The molecule has 0 aliphatic heterocycles. The molecule has 0 fully saturated rings. The number of rotatable bonds is 2. The molecule has 2 aromatic rings. The second-order valence-electron chi connectivity index (χ2n) is 3.55. The van der Waals surface area contributed by atoms with Crippen LogP contribution in [0.2, 0.25) is 0 Å². The Bertz CT molecular complexity index is 546. The Balaban J connectivity index is 2.42. The normalized spacial score (nSPS) is 10.2. The molecular formula is C12H12N2O2S. The molecule has 1 aromatic heterocycles. The highest BCUT2D eigenvalue weighted by Crippen LogP contribution is 2.30. The van der Waals surface area contributed by atoms with Crippen LogP contribution in [-0.4, -0.2) is 18.1 Å². The Morgan fingerprint density at radius 1 is 1.35 bits per heavy atom. The maximum Gasteiger partial charge on any atom is 0.367 e. The van der Waals surface area contributed by atoms with Crippen molar-refractivity contribution in [2.24, 2.45) is 0 Å². The van der Waals surface area contributed by atoms with E-state index < -0.39 is 5.97 Å². The standard InChI is InChI=1S/C12H12N2O2S/c1-7-10(8-3-5-9(13)6-4-8)17-11(14-7)12(15)16-2/h3-6H,13H2,1-2H3. The molecule has 0 radical (unpaired) electrons. The zero-order valence-electron chi connectivity index (χ0n) is 9.56. The average molecular weight is 248 g/mol. The van der Waals surface area contributed by atoms with Crippen LogP contribution in [0.15, 0.2) is 24.3 Å². The van der Waals surface area contributed by atoms with Crippen LogP contribution in [0.1, 0.15) is 15.5 Å². The van der Waals surface area contributed by atoms with E-state index in [0.717, 1.165) is 16.1 Å². The zero-order chi connectivity index (χ0) is 12.4. The van der Waals surface area contributed by atoms with Crippen molar-refractivity contribution in [2.45, 2.75) is 6.92 Å². The first-order valence-electron chi connectivity index (χ1n) is 5.03. The Hall–Kier alpha value is -1.88. The lowest BCUT2D eigenvalue weighted by Gasteiger charge is -1.98. The van der Waals surface area contributed by atoms with Crippen molar-refractivity contribution in [2.75, 3.05) is 12.8 Å². The Morgan fingerprint density at radius 2 is 2.00 bits per heavy atom. The van der Waals surface area contributed by atoms with Gasteiger partial charge in [0.25, 0.3) is 0 Å². The van der Waals surface area contributed by atoms with Crippen molar-refractivity contribution < 1.29 is 9.53 Å². The van der Waals surface area contributed by atoms with E-state index in [9.17, 15) is 4.79 Å². The molecule has 0 bridgehead atoms. The van der Waals surface area contributed by atoms with E-state index in [-0.39, 0.29) is 0 Å². The SMILES string of the molecule is COC(=O)c1nc(C)c(-c2ccc(N)cc2)s1. The Kier molecular flexibility index (Phi) is 3.10. The molecule has 1 aromatic carbocycles. The average Bonchev–Trinajstić information content (AvgIpc) is 2.71. The molecule has 2 N–H and O–H groups in total. The van der Waals surface area contributed by atoms with Gasteiger partial charge in [-0.25, -0.2) is 9.78 Å². The summed E-state index contributed by atoms with van der Waals surface area (Å²) in [5.41, 5.74) is 8.17. The number of aromatic nitrogens is 1. The smallest absolute Gasteiger partial charge is 0.367 e. The number of nitrogen functional groups attached to an aromatic ring is 1. The van der Waals surface area contributed by atoms with Crippen LogP contribution in [-0.2, 0) is 4.74 Å². The predicted octanol–water partition coefficient (Wildman–Crippen LogP) is 2.49. The zero-order valence-corrected chi connectivity index (χ0v) is 10.4. The van der Waals surface area contributed by atoms with Gasteiger partial charge in [0.15, 0.2) is 0 Å². The van der Waals surface area contributed by atoms with E-state index in [4.69, 9.17) is 5.73 Å². The third-order valence-corrected chi connectivity index (χ3v) is 3.52. The van der Waals surface area contributed by atoms with Crippen LogP contribution >= 0.6 is 11.3 Å². The number of methoxy groups -OCH3 is 1. The van der Waals surface area contributed by atoms with Crippen molar-refractivity contribution in [1.82, 2.24) is 4.98 Å². The summed E-state index contributed by atoms with van der Waals surface area (Å²) in [6.07, 6.45) is 0. The van der Waals surface area contributed by atoms with Gasteiger partial charge in [-0.15, -0.1) is 11.3 Å². The van der Waals surface area contributed by atoms with Crippen molar-refractivity contribution in [3.63, 3.8) is 0 Å². The van der Waals surface area contributed by atoms with E-state index in [0.29, 0.717) is 10.7 Å². The van der Waals surface area contributed by atoms with Gasteiger partial charge in [-0.1, -0.05) is 12.1 Å². The van der Waals surface area contributed by atoms with Gasteiger partial charge in [0, 0.05) is 5.69 Å². The van der Waals surface area contributed by atoms with E-state index >= 15 is 0 Å². The number of benzene rings is 1. The van der Waals surface area contributed by atoms with Crippen molar-refractivity contribution in [3.05, 3.63) is 35.0 Å². The monoisotopic (exact) mass is 248 g/mol. The molecule has 88 valence electrons. The lowest BCUT2D eigenvalue weighted by atomic mass is 10.1. The summed E-state index contributed by atoms with van der Waals surface area (Å²) in [6.45, 7) is 1.87. The molecule has 0 amide bonds. The molecule has 0 saturated heterocycles. The molecule has 0 aliphatic carbocycles. The molecule has 0 aliphatic rings. The second kappa shape index (κ2) is 4.55. The van der Waals surface area contributed by atoms with Gasteiger partial charge in [-0.2, -0.15) is 0 Å². The highest BCUT2D eigenvalue weighted by Gasteiger charge is 2.15. The Labute approximate surface area is 103 Å². The Morgan fingerprint density at radius 3 is 2.59 bits per heavy atom. The minimum atomic E-state index is -0.403. The number of hydrogen-bond donors (Lipinski definition) is 1. The second-order valence-corrected chi connectivity index (χ2v) is 4.55.